The third kappa shape index (κ3) is 2.27. The summed E-state index contributed by atoms with van der Waals surface area (Å²) in [5.41, 5.74) is 3.25. The van der Waals surface area contributed by atoms with Crippen LogP contribution in [-0.2, 0) is 0 Å². The predicted molar refractivity (Wildman–Crippen MR) is 71.3 cm³/mol. The van der Waals surface area contributed by atoms with Crippen molar-refractivity contribution >= 4 is 17.3 Å². The lowest BCUT2D eigenvalue weighted by molar-refractivity contribution is 1.14. The smallest absolute Gasteiger partial charge is 0.0609 e. The Morgan fingerprint density at radius 2 is 1.94 bits per heavy atom. The molecular weight excluding hydrogens is 232 g/mol. The second kappa shape index (κ2) is 4.38. The molecular formula is C14H13ClN2. The zero-order valence-electron chi connectivity index (χ0n) is 9.36. The van der Waals surface area contributed by atoms with Gasteiger partial charge in [0.2, 0.25) is 0 Å². The number of hydrogen-bond acceptors (Lipinski definition) is 2. The second-order valence-corrected chi connectivity index (χ2v) is 4.73. The van der Waals surface area contributed by atoms with E-state index < -0.39 is 0 Å². The van der Waals surface area contributed by atoms with Crippen LogP contribution in [0.15, 0.2) is 42.7 Å². The van der Waals surface area contributed by atoms with Gasteiger partial charge in [0.05, 0.1) is 11.9 Å². The Bertz CT molecular complexity index is 535. The summed E-state index contributed by atoms with van der Waals surface area (Å²) in [6.07, 6.45) is 6.17. The molecule has 0 saturated heterocycles. The van der Waals surface area contributed by atoms with Gasteiger partial charge in [0.25, 0.3) is 0 Å². The summed E-state index contributed by atoms with van der Waals surface area (Å²) in [4.78, 5) is 4.18. The molecule has 0 unspecified atom stereocenters. The third-order valence-corrected chi connectivity index (χ3v) is 3.25. The minimum atomic E-state index is 0.612. The molecule has 1 heterocycles. The van der Waals surface area contributed by atoms with Crippen LogP contribution in [0.4, 0.5) is 5.69 Å². The van der Waals surface area contributed by atoms with E-state index in [1.807, 2.05) is 36.5 Å². The monoisotopic (exact) mass is 244 g/mol. The fourth-order valence-electron chi connectivity index (χ4n) is 1.87. The van der Waals surface area contributed by atoms with Crippen molar-refractivity contribution in [1.82, 2.24) is 4.98 Å². The van der Waals surface area contributed by atoms with E-state index in [2.05, 4.69) is 10.3 Å². The molecule has 1 fully saturated rings. The molecule has 0 spiro atoms. The summed E-state index contributed by atoms with van der Waals surface area (Å²) in [6.45, 7) is 0. The Kier molecular flexibility index (Phi) is 2.73. The lowest BCUT2D eigenvalue weighted by Crippen LogP contribution is -2.02. The molecule has 0 bridgehead atoms. The van der Waals surface area contributed by atoms with E-state index in [-0.39, 0.29) is 0 Å². The molecule has 0 amide bonds. The minimum Gasteiger partial charge on any atom is -0.381 e. The van der Waals surface area contributed by atoms with Gasteiger partial charge >= 0.3 is 0 Å². The van der Waals surface area contributed by atoms with Crippen molar-refractivity contribution in [3.8, 4) is 11.1 Å². The van der Waals surface area contributed by atoms with Crippen molar-refractivity contribution in [1.29, 1.82) is 0 Å². The van der Waals surface area contributed by atoms with Gasteiger partial charge in [-0.2, -0.15) is 0 Å². The number of rotatable bonds is 3. The average Bonchev–Trinajstić information content (AvgIpc) is 3.15. The number of nitrogens with zero attached hydrogens (tertiary/aromatic N) is 1. The van der Waals surface area contributed by atoms with Gasteiger partial charge in [-0.3, -0.25) is 4.98 Å². The van der Waals surface area contributed by atoms with Crippen molar-refractivity contribution in [3.63, 3.8) is 0 Å². The molecule has 1 aromatic carbocycles. The minimum absolute atomic E-state index is 0.612. The Morgan fingerprint density at radius 3 is 2.71 bits per heavy atom. The first-order valence-electron chi connectivity index (χ1n) is 5.80. The highest BCUT2D eigenvalue weighted by molar-refractivity contribution is 6.33. The molecule has 0 radical (unpaired) electrons. The quantitative estimate of drug-likeness (QED) is 0.884. The van der Waals surface area contributed by atoms with Crippen LogP contribution in [0.3, 0.4) is 0 Å². The van der Waals surface area contributed by atoms with E-state index in [1.165, 1.54) is 12.8 Å². The Hall–Kier alpha value is -1.54. The molecule has 1 aromatic heterocycles. The van der Waals surface area contributed by atoms with E-state index in [9.17, 15) is 0 Å². The molecule has 1 aliphatic rings. The van der Waals surface area contributed by atoms with Gasteiger partial charge in [-0.05, 0) is 25.0 Å². The van der Waals surface area contributed by atoms with Crippen LogP contribution in [0, 0.1) is 0 Å². The topological polar surface area (TPSA) is 24.9 Å². The van der Waals surface area contributed by atoms with Gasteiger partial charge in [-0.25, -0.2) is 0 Å². The maximum Gasteiger partial charge on any atom is 0.0609 e. The number of anilines is 1. The van der Waals surface area contributed by atoms with E-state index in [1.54, 1.807) is 6.20 Å². The van der Waals surface area contributed by atoms with Crippen LogP contribution in [0.2, 0.25) is 5.02 Å². The van der Waals surface area contributed by atoms with Gasteiger partial charge in [0.1, 0.15) is 0 Å². The summed E-state index contributed by atoms with van der Waals surface area (Å²) in [5.74, 6) is 0. The maximum atomic E-state index is 6.23. The molecule has 0 aliphatic heterocycles. The van der Waals surface area contributed by atoms with Crippen molar-refractivity contribution in [2.45, 2.75) is 18.9 Å². The van der Waals surface area contributed by atoms with Crippen LogP contribution < -0.4 is 5.32 Å². The number of benzene rings is 1. The van der Waals surface area contributed by atoms with E-state index in [0.717, 1.165) is 21.8 Å². The summed E-state index contributed by atoms with van der Waals surface area (Å²) in [6, 6.07) is 10.5. The Labute approximate surface area is 106 Å². The lowest BCUT2D eigenvalue weighted by Gasteiger charge is -2.11. The van der Waals surface area contributed by atoms with Gasteiger partial charge in [-0.15, -0.1) is 0 Å². The average molecular weight is 245 g/mol. The maximum absolute atomic E-state index is 6.23. The van der Waals surface area contributed by atoms with E-state index in [0.29, 0.717) is 6.04 Å². The van der Waals surface area contributed by atoms with E-state index in [4.69, 9.17) is 11.6 Å². The summed E-state index contributed by atoms with van der Waals surface area (Å²) in [5, 5.41) is 4.26. The number of nitrogens with one attached hydrogen (secondary N) is 1. The molecule has 86 valence electrons. The zero-order valence-corrected chi connectivity index (χ0v) is 10.1. The standard InChI is InChI=1S/C14H13ClN2/c15-13-4-2-1-3-11(13)12-7-8-16-9-14(12)17-10-5-6-10/h1-4,7-10,17H,5-6H2. The van der Waals surface area contributed by atoms with Gasteiger partial charge in [-0.1, -0.05) is 29.8 Å². The Balaban J connectivity index is 2.04. The van der Waals surface area contributed by atoms with Gasteiger partial charge in [0, 0.05) is 28.4 Å². The van der Waals surface area contributed by atoms with Crippen LogP contribution in [0.1, 0.15) is 12.8 Å². The molecule has 3 heteroatoms. The highest BCUT2D eigenvalue weighted by Crippen LogP contribution is 2.35. The Morgan fingerprint density at radius 1 is 1.12 bits per heavy atom. The van der Waals surface area contributed by atoms with Crippen LogP contribution in [-0.4, -0.2) is 11.0 Å². The van der Waals surface area contributed by atoms with Crippen molar-refractivity contribution in [2.75, 3.05) is 5.32 Å². The highest BCUT2D eigenvalue weighted by atomic mass is 35.5. The molecule has 0 atom stereocenters. The first-order valence-corrected chi connectivity index (χ1v) is 6.18. The highest BCUT2D eigenvalue weighted by Gasteiger charge is 2.22. The number of halogens is 1. The van der Waals surface area contributed by atoms with Crippen LogP contribution in [0.5, 0.6) is 0 Å². The summed E-state index contributed by atoms with van der Waals surface area (Å²) < 4.78 is 0. The first-order chi connectivity index (χ1) is 8.34. The van der Waals surface area contributed by atoms with Crippen molar-refractivity contribution in [3.05, 3.63) is 47.7 Å². The molecule has 1 aliphatic carbocycles. The lowest BCUT2D eigenvalue weighted by atomic mass is 10.1. The largest absolute Gasteiger partial charge is 0.381 e. The molecule has 3 rings (SSSR count). The summed E-state index contributed by atoms with van der Waals surface area (Å²) >= 11 is 6.23. The molecule has 2 aromatic rings. The van der Waals surface area contributed by atoms with Gasteiger partial charge < -0.3 is 5.32 Å². The molecule has 1 N–H and O–H groups in total. The number of aromatic nitrogens is 1. The van der Waals surface area contributed by atoms with Crippen LogP contribution >= 0.6 is 11.6 Å². The summed E-state index contributed by atoms with van der Waals surface area (Å²) in [7, 11) is 0. The van der Waals surface area contributed by atoms with E-state index >= 15 is 0 Å². The predicted octanol–water partition coefficient (Wildman–Crippen LogP) is 3.98. The molecule has 17 heavy (non-hydrogen) atoms. The number of hydrogen-bond donors (Lipinski definition) is 1. The fraction of sp³-hybridized carbons (Fsp3) is 0.214. The second-order valence-electron chi connectivity index (χ2n) is 4.32. The van der Waals surface area contributed by atoms with Crippen molar-refractivity contribution < 1.29 is 0 Å². The molecule has 2 nitrogen and oxygen atoms in total. The fourth-order valence-corrected chi connectivity index (χ4v) is 2.11. The molecule has 1 saturated carbocycles. The van der Waals surface area contributed by atoms with Gasteiger partial charge in [0.15, 0.2) is 0 Å². The third-order valence-electron chi connectivity index (χ3n) is 2.92. The SMILES string of the molecule is Clc1ccccc1-c1ccncc1NC1CC1. The first kappa shape index (κ1) is 10.6. The van der Waals surface area contributed by atoms with Crippen molar-refractivity contribution in [2.24, 2.45) is 0 Å². The zero-order chi connectivity index (χ0) is 11.7. The number of pyridine rings is 1. The van der Waals surface area contributed by atoms with Crippen LogP contribution in [0.25, 0.3) is 11.1 Å². The normalized spacial score (nSPS) is 14.6.